The number of hydrogen-bond acceptors (Lipinski definition) is 4. The van der Waals surface area contributed by atoms with E-state index in [9.17, 15) is 0 Å². The quantitative estimate of drug-likeness (QED) is 0.458. The molecule has 1 aromatic carbocycles. The molecule has 6 nitrogen and oxygen atoms in total. The molecule has 0 aromatic heterocycles. The van der Waals surface area contributed by atoms with Crippen molar-refractivity contribution in [1.29, 1.82) is 0 Å². The highest BCUT2D eigenvalue weighted by Crippen LogP contribution is 2.38. The molecule has 0 saturated heterocycles. The van der Waals surface area contributed by atoms with E-state index in [1.165, 1.54) is 5.56 Å². The van der Waals surface area contributed by atoms with Crippen LogP contribution in [-0.2, 0) is 6.42 Å². The molecular weight excluding hydrogens is 392 g/mol. The van der Waals surface area contributed by atoms with Crippen LogP contribution in [0, 0.1) is 0 Å². The summed E-state index contributed by atoms with van der Waals surface area (Å²) in [6.07, 6.45) is 2.67. The van der Waals surface area contributed by atoms with Gasteiger partial charge in [0.25, 0.3) is 0 Å². The molecule has 0 amide bonds. The third-order valence-electron chi connectivity index (χ3n) is 4.54. The second-order valence-electron chi connectivity index (χ2n) is 6.85. The number of methoxy groups -OCH3 is 2. The molecule has 154 valence electrons. The van der Waals surface area contributed by atoms with Gasteiger partial charge in [0.1, 0.15) is 0 Å². The number of hydrogen-bond donors (Lipinski definition) is 3. The predicted molar refractivity (Wildman–Crippen MR) is 122 cm³/mol. The van der Waals surface area contributed by atoms with Crippen LogP contribution in [0.2, 0.25) is 0 Å². The molecule has 3 N–H and O–H groups in total. The predicted octanol–water partition coefficient (Wildman–Crippen LogP) is 2.54. The Morgan fingerprint density at radius 3 is 2.54 bits per heavy atom. The van der Waals surface area contributed by atoms with Gasteiger partial charge in [-0.1, -0.05) is 6.08 Å². The van der Waals surface area contributed by atoms with Crippen LogP contribution in [0.3, 0.4) is 0 Å². The number of benzene rings is 1. The second-order valence-corrected chi connectivity index (χ2v) is 7.64. The van der Waals surface area contributed by atoms with Crippen molar-refractivity contribution in [1.82, 2.24) is 20.9 Å². The fourth-order valence-corrected chi connectivity index (χ4v) is 3.88. The van der Waals surface area contributed by atoms with Crippen molar-refractivity contribution in [2.45, 2.75) is 32.4 Å². The zero-order valence-electron chi connectivity index (χ0n) is 17.0. The Labute approximate surface area is 178 Å². The molecule has 0 fully saturated rings. The number of thiocarbonyl (C=S) groups is 2. The standard InChI is InChI=1S/C20H30N4O2S2/c1-6-8-21-20(28)24-9-7-14-10-17(25-4)18(26-5)11-15(14)16(24)12-22-19(27)23-13(2)3/h6,10-11,13,16H,1,7-9,12H2,2-5H3,(H,21,28)(H2,22,23,27)/t16-/m1/s1. The van der Waals surface area contributed by atoms with E-state index in [0.29, 0.717) is 29.1 Å². The highest BCUT2D eigenvalue weighted by atomic mass is 32.1. The lowest BCUT2D eigenvalue weighted by Crippen LogP contribution is -2.50. The van der Waals surface area contributed by atoms with E-state index in [4.69, 9.17) is 33.9 Å². The van der Waals surface area contributed by atoms with Crippen LogP contribution in [0.15, 0.2) is 24.8 Å². The van der Waals surface area contributed by atoms with Gasteiger partial charge in [-0.15, -0.1) is 6.58 Å². The van der Waals surface area contributed by atoms with Crippen LogP contribution in [0.1, 0.15) is 31.0 Å². The van der Waals surface area contributed by atoms with Crippen LogP contribution in [0.25, 0.3) is 0 Å². The first-order valence-electron chi connectivity index (χ1n) is 9.35. The smallest absolute Gasteiger partial charge is 0.169 e. The maximum absolute atomic E-state index is 5.64. The van der Waals surface area contributed by atoms with Crippen molar-refractivity contribution in [3.63, 3.8) is 0 Å². The van der Waals surface area contributed by atoms with Crippen LogP contribution in [0.5, 0.6) is 11.5 Å². The topological polar surface area (TPSA) is 57.8 Å². The molecule has 0 saturated carbocycles. The highest BCUT2D eigenvalue weighted by Gasteiger charge is 2.30. The summed E-state index contributed by atoms with van der Waals surface area (Å²) < 4.78 is 11.0. The summed E-state index contributed by atoms with van der Waals surface area (Å²) in [4.78, 5) is 2.19. The first kappa shape index (κ1) is 22.2. The van der Waals surface area contributed by atoms with Crippen molar-refractivity contribution in [3.8, 4) is 11.5 Å². The second kappa shape index (κ2) is 10.5. The van der Waals surface area contributed by atoms with Crippen LogP contribution in [0.4, 0.5) is 0 Å². The molecular formula is C20H30N4O2S2. The van der Waals surface area contributed by atoms with E-state index in [0.717, 1.165) is 24.3 Å². The first-order chi connectivity index (χ1) is 13.4. The Morgan fingerprint density at radius 1 is 1.25 bits per heavy atom. The largest absolute Gasteiger partial charge is 0.493 e. The minimum Gasteiger partial charge on any atom is -0.493 e. The third kappa shape index (κ3) is 5.48. The lowest BCUT2D eigenvalue weighted by atomic mass is 9.92. The van der Waals surface area contributed by atoms with Crippen LogP contribution >= 0.6 is 24.4 Å². The Hall–Kier alpha value is -2.06. The van der Waals surface area contributed by atoms with Crippen molar-refractivity contribution >= 4 is 34.7 Å². The van der Waals surface area contributed by atoms with Gasteiger partial charge >= 0.3 is 0 Å². The van der Waals surface area contributed by atoms with Crippen molar-refractivity contribution < 1.29 is 9.47 Å². The lowest BCUT2D eigenvalue weighted by Gasteiger charge is -2.39. The number of nitrogens with zero attached hydrogens (tertiary/aromatic N) is 1. The average molecular weight is 423 g/mol. The average Bonchev–Trinajstić information content (AvgIpc) is 2.68. The molecule has 1 atom stereocenters. The minimum absolute atomic E-state index is 0.0142. The molecule has 28 heavy (non-hydrogen) atoms. The SMILES string of the molecule is C=CCNC(=S)N1CCc2cc(OC)c(OC)cc2[C@H]1CNC(=S)NC(C)C. The summed E-state index contributed by atoms with van der Waals surface area (Å²) in [6.45, 7) is 9.92. The van der Waals surface area contributed by atoms with Crippen LogP contribution < -0.4 is 25.4 Å². The fourth-order valence-electron chi connectivity index (χ4n) is 3.25. The van der Waals surface area contributed by atoms with Crippen LogP contribution in [-0.4, -0.2) is 55.0 Å². The lowest BCUT2D eigenvalue weighted by molar-refractivity contribution is 0.290. The summed E-state index contributed by atoms with van der Waals surface area (Å²) in [5, 5.41) is 11.1. The zero-order valence-corrected chi connectivity index (χ0v) is 18.6. The number of ether oxygens (including phenoxy) is 2. The van der Waals surface area contributed by atoms with Gasteiger partial charge in [0.05, 0.1) is 20.3 Å². The van der Waals surface area contributed by atoms with E-state index in [-0.39, 0.29) is 12.1 Å². The Morgan fingerprint density at radius 2 is 1.93 bits per heavy atom. The summed E-state index contributed by atoms with van der Waals surface area (Å²) in [7, 11) is 3.30. The summed E-state index contributed by atoms with van der Waals surface area (Å²) in [6, 6.07) is 4.39. The monoisotopic (exact) mass is 422 g/mol. The molecule has 0 unspecified atom stereocenters. The van der Waals surface area contributed by atoms with E-state index in [1.807, 2.05) is 6.07 Å². The maximum Gasteiger partial charge on any atom is 0.169 e. The van der Waals surface area contributed by atoms with E-state index < -0.39 is 0 Å². The molecule has 0 bridgehead atoms. The number of nitrogens with one attached hydrogen (secondary N) is 3. The Kier molecular flexibility index (Phi) is 8.32. The third-order valence-corrected chi connectivity index (χ3v) is 5.18. The molecule has 0 aliphatic carbocycles. The van der Waals surface area contributed by atoms with E-state index in [2.05, 4.69) is 47.3 Å². The van der Waals surface area contributed by atoms with Crippen molar-refractivity contribution in [3.05, 3.63) is 35.9 Å². The molecule has 8 heteroatoms. The first-order valence-corrected chi connectivity index (χ1v) is 10.2. The van der Waals surface area contributed by atoms with Gasteiger partial charge in [0.15, 0.2) is 21.7 Å². The van der Waals surface area contributed by atoms with Gasteiger partial charge in [-0.3, -0.25) is 0 Å². The minimum atomic E-state index is 0.0142. The molecule has 1 aliphatic heterocycles. The van der Waals surface area contributed by atoms with Gasteiger partial charge in [0, 0.05) is 25.7 Å². The molecule has 1 aliphatic rings. The number of fused-ring (bicyclic) bond motifs is 1. The summed E-state index contributed by atoms with van der Waals surface area (Å²) in [5.74, 6) is 1.45. The molecule has 1 aromatic rings. The van der Waals surface area contributed by atoms with Crippen molar-refractivity contribution in [2.24, 2.45) is 0 Å². The fraction of sp³-hybridized carbons (Fsp3) is 0.500. The number of rotatable bonds is 7. The van der Waals surface area contributed by atoms with E-state index >= 15 is 0 Å². The summed E-state index contributed by atoms with van der Waals surface area (Å²) in [5.41, 5.74) is 2.39. The normalized spacial score (nSPS) is 15.5. The van der Waals surface area contributed by atoms with Gasteiger partial charge in [-0.25, -0.2) is 0 Å². The van der Waals surface area contributed by atoms with Gasteiger partial charge in [-0.05, 0) is 68.0 Å². The molecule has 1 heterocycles. The van der Waals surface area contributed by atoms with Crippen molar-refractivity contribution in [2.75, 3.05) is 33.9 Å². The zero-order chi connectivity index (χ0) is 20.7. The summed E-state index contributed by atoms with van der Waals surface area (Å²) >= 11 is 11.1. The Balaban J connectivity index is 2.32. The van der Waals surface area contributed by atoms with Gasteiger partial charge < -0.3 is 30.3 Å². The molecule has 0 radical (unpaired) electrons. The maximum atomic E-state index is 5.64. The van der Waals surface area contributed by atoms with Gasteiger partial charge in [0.2, 0.25) is 0 Å². The highest BCUT2D eigenvalue weighted by molar-refractivity contribution is 7.80. The molecule has 0 spiro atoms. The van der Waals surface area contributed by atoms with E-state index in [1.54, 1.807) is 20.3 Å². The van der Waals surface area contributed by atoms with Gasteiger partial charge in [-0.2, -0.15) is 0 Å². The molecule has 2 rings (SSSR count). The Bertz CT molecular complexity index is 724.